The van der Waals surface area contributed by atoms with Gasteiger partial charge in [0.1, 0.15) is 11.3 Å². The lowest BCUT2D eigenvalue weighted by molar-refractivity contribution is -0.117. The smallest absolute Gasteiger partial charge is 0.276 e. The zero-order valence-electron chi connectivity index (χ0n) is 14.6. The summed E-state index contributed by atoms with van der Waals surface area (Å²) in [6.07, 6.45) is 9.30. The van der Waals surface area contributed by atoms with E-state index in [1.807, 2.05) is 17.7 Å². The fourth-order valence-electron chi connectivity index (χ4n) is 4.11. The summed E-state index contributed by atoms with van der Waals surface area (Å²) in [6, 6.07) is 0.164. The summed E-state index contributed by atoms with van der Waals surface area (Å²) in [4.78, 5) is 36.4. The van der Waals surface area contributed by atoms with Gasteiger partial charge in [-0.3, -0.25) is 14.2 Å². The van der Waals surface area contributed by atoms with Gasteiger partial charge in [0.15, 0.2) is 5.16 Å². The van der Waals surface area contributed by atoms with E-state index in [0.717, 1.165) is 43.1 Å². The molecule has 0 spiro atoms. The van der Waals surface area contributed by atoms with Crippen molar-refractivity contribution >= 4 is 34.4 Å². The van der Waals surface area contributed by atoms with Gasteiger partial charge in [0.25, 0.3) is 5.56 Å². The van der Waals surface area contributed by atoms with Crippen LogP contribution in [0.3, 0.4) is 0 Å². The average Bonchev–Trinajstić information content (AvgIpc) is 3.27. The topological polar surface area (TPSA) is 68.1 Å². The lowest BCUT2D eigenvalue weighted by atomic mass is 10.1. The summed E-state index contributed by atoms with van der Waals surface area (Å²) in [5, 5.41) is 1.54. The van der Waals surface area contributed by atoms with Crippen LogP contribution in [0, 0.1) is 6.92 Å². The van der Waals surface area contributed by atoms with Crippen LogP contribution in [0.1, 0.15) is 50.1 Å². The molecule has 2 fully saturated rings. The molecule has 1 aliphatic carbocycles. The highest BCUT2D eigenvalue weighted by atomic mass is 32.2. The molecule has 0 bridgehead atoms. The molecule has 1 aliphatic heterocycles. The predicted molar refractivity (Wildman–Crippen MR) is 99.4 cm³/mol. The van der Waals surface area contributed by atoms with E-state index >= 15 is 0 Å². The van der Waals surface area contributed by atoms with E-state index in [9.17, 15) is 9.59 Å². The van der Waals surface area contributed by atoms with Crippen LogP contribution in [-0.4, -0.2) is 33.2 Å². The number of amides is 1. The molecule has 2 aromatic rings. The molecule has 0 atom stereocenters. The summed E-state index contributed by atoms with van der Waals surface area (Å²) >= 11 is 1.47. The zero-order valence-corrected chi connectivity index (χ0v) is 15.4. The fraction of sp³-hybridized carbons (Fsp3) is 0.556. The largest absolute Gasteiger partial charge is 0.307 e. The van der Waals surface area contributed by atoms with Gasteiger partial charge in [-0.15, -0.1) is 0 Å². The third kappa shape index (κ3) is 2.65. The van der Waals surface area contributed by atoms with Gasteiger partial charge >= 0.3 is 0 Å². The molecule has 1 amide bonds. The third-order valence-corrected chi connectivity index (χ3v) is 5.93. The number of carbonyl (C=O) groups excluding carboxylic acids is 1. The lowest BCUT2D eigenvalue weighted by Gasteiger charge is -2.24. The van der Waals surface area contributed by atoms with E-state index in [4.69, 9.17) is 0 Å². The highest BCUT2D eigenvalue weighted by Gasteiger charge is 2.30. The highest BCUT2D eigenvalue weighted by molar-refractivity contribution is 7.98. The Hall–Kier alpha value is -1.89. The summed E-state index contributed by atoms with van der Waals surface area (Å²) < 4.78 is 1.84. The summed E-state index contributed by atoms with van der Waals surface area (Å²) in [5.74, 6) is 0.0409. The summed E-state index contributed by atoms with van der Waals surface area (Å²) in [7, 11) is 0. The molecule has 1 saturated heterocycles. The van der Waals surface area contributed by atoms with E-state index in [1.54, 1.807) is 11.1 Å². The zero-order chi connectivity index (χ0) is 17.6. The molecule has 0 N–H and O–H groups in total. The van der Waals surface area contributed by atoms with Crippen LogP contribution in [0.2, 0.25) is 0 Å². The second-order valence-electron chi connectivity index (χ2n) is 6.83. The predicted octanol–water partition coefficient (Wildman–Crippen LogP) is 3.06. The number of pyridine rings is 1. The van der Waals surface area contributed by atoms with E-state index in [1.165, 1.54) is 11.8 Å². The van der Waals surface area contributed by atoms with Crippen molar-refractivity contribution in [1.82, 2.24) is 14.5 Å². The van der Waals surface area contributed by atoms with Crippen LogP contribution < -0.4 is 10.5 Å². The Bertz CT molecular complexity index is 902. The minimum atomic E-state index is -0.0714. The Balaban J connectivity index is 2.03. The molecule has 0 aromatic carbocycles. The fourth-order valence-corrected chi connectivity index (χ4v) is 4.44. The van der Waals surface area contributed by atoms with Crippen LogP contribution in [0.15, 0.2) is 16.1 Å². The van der Waals surface area contributed by atoms with Gasteiger partial charge in [-0.25, -0.2) is 9.97 Å². The number of fused-ring (bicyclic) bond motifs is 1. The molecule has 3 heterocycles. The second kappa shape index (κ2) is 6.44. The molecule has 2 aromatic heterocycles. The number of thioether (sulfide) groups is 1. The van der Waals surface area contributed by atoms with Crippen LogP contribution >= 0.6 is 11.8 Å². The SMILES string of the molecule is CSc1ncc2c(C)c(N3CCCC3=O)c(=O)n(C3CCCC3)c2n1. The molecule has 6 nitrogen and oxygen atoms in total. The molecule has 7 heteroatoms. The molecule has 1 saturated carbocycles. The maximum absolute atomic E-state index is 13.4. The Labute approximate surface area is 150 Å². The minimum absolute atomic E-state index is 0.0409. The molecule has 25 heavy (non-hydrogen) atoms. The van der Waals surface area contributed by atoms with Crippen LogP contribution in [0.5, 0.6) is 0 Å². The first kappa shape index (κ1) is 16.6. The molecule has 4 rings (SSSR count). The molecular weight excluding hydrogens is 336 g/mol. The Morgan fingerprint density at radius 3 is 2.60 bits per heavy atom. The lowest BCUT2D eigenvalue weighted by Crippen LogP contribution is -2.35. The molecule has 0 radical (unpaired) electrons. The normalized spacial score (nSPS) is 18.6. The van der Waals surface area contributed by atoms with Crippen molar-refractivity contribution in [1.29, 1.82) is 0 Å². The number of aryl methyl sites for hydroxylation is 1. The van der Waals surface area contributed by atoms with Crippen molar-refractivity contribution in [3.05, 3.63) is 22.1 Å². The maximum Gasteiger partial charge on any atom is 0.276 e. The van der Waals surface area contributed by atoms with E-state index in [-0.39, 0.29) is 17.5 Å². The van der Waals surface area contributed by atoms with Gasteiger partial charge in [0.2, 0.25) is 5.91 Å². The van der Waals surface area contributed by atoms with Crippen molar-refractivity contribution in [2.24, 2.45) is 0 Å². The molecule has 132 valence electrons. The van der Waals surface area contributed by atoms with Crippen LogP contribution in [0.25, 0.3) is 11.0 Å². The van der Waals surface area contributed by atoms with Crippen molar-refractivity contribution < 1.29 is 4.79 Å². The van der Waals surface area contributed by atoms with E-state index < -0.39 is 0 Å². The highest BCUT2D eigenvalue weighted by Crippen LogP contribution is 2.34. The van der Waals surface area contributed by atoms with Gasteiger partial charge in [0.05, 0.1) is 0 Å². The van der Waals surface area contributed by atoms with Gasteiger partial charge in [-0.05, 0) is 38.0 Å². The van der Waals surface area contributed by atoms with Crippen molar-refractivity contribution in [3.8, 4) is 0 Å². The monoisotopic (exact) mass is 358 g/mol. The van der Waals surface area contributed by atoms with Crippen molar-refractivity contribution in [2.45, 2.75) is 56.6 Å². The van der Waals surface area contributed by atoms with Gasteiger partial charge in [0, 0.05) is 30.6 Å². The van der Waals surface area contributed by atoms with Crippen molar-refractivity contribution in [2.75, 3.05) is 17.7 Å². The van der Waals surface area contributed by atoms with Crippen LogP contribution in [-0.2, 0) is 4.79 Å². The number of rotatable bonds is 3. The van der Waals surface area contributed by atoms with Crippen LogP contribution in [0.4, 0.5) is 5.69 Å². The average molecular weight is 358 g/mol. The first-order chi connectivity index (χ1) is 12.1. The quantitative estimate of drug-likeness (QED) is 0.623. The molecule has 0 unspecified atom stereocenters. The number of hydrogen-bond donors (Lipinski definition) is 0. The summed E-state index contributed by atoms with van der Waals surface area (Å²) in [5.41, 5.74) is 1.99. The Morgan fingerprint density at radius 2 is 1.96 bits per heavy atom. The minimum Gasteiger partial charge on any atom is -0.307 e. The standard InChI is InChI=1S/C18H22N4O2S/c1-11-13-10-19-18(25-2)20-16(13)22(12-6-3-4-7-12)17(24)15(11)21-9-5-8-14(21)23/h10,12H,3-9H2,1-2H3. The number of anilines is 1. The summed E-state index contributed by atoms with van der Waals surface area (Å²) in [6.45, 7) is 2.53. The van der Waals surface area contributed by atoms with Gasteiger partial charge in [-0.1, -0.05) is 24.6 Å². The van der Waals surface area contributed by atoms with Crippen molar-refractivity contribution in [3.63, 3.8) is 0 Å². The second-order valence-corrected chi connectivity index (χ2v) is 7.60. The van der Waals surface area contributed by atoms with Gasteiger partial charge in [-0.2, -0.15) is 0 Å². The molecular formula is C18H22N4O2S. The number of aromatic nitrogens is 3. The van der Waals surface area contributed by atoms with Gasteiger partial charge < -0.3 is 4.90 Å². The van der Waals surface area contributed by atoms with E-state index in [0.29, 0.717) is 29.5 Å². The Kier molecular flexibility index (Phi) is 4.27. The number of hydrogen-bond acceptors (Lipinski definition) is 5. The first-order valence-corrected chi connectivity index (χ1v) is 10.1. The third-order valence-electron chi connectivity index (χ3n) is 5.37. The first-order valence-electron chi connectivity index (χ1n) is 8.88. The van der Waals surface area contributed by atoms with E-state index in [2.05, 4.69) is 9.97 Å². The number of carbonyl (C=O) groups is 1. The Morgan fingerprint density at radius 1 is 1.20 bits per heavy atom. The molecule has 2 aliphatic rings. The number of nitrogens with zero attached hydrogens (tertiary/aromatic N) is 4. The maximum atomic E-state index is 13.4.